The molecule has 4 N–H and O–H groups in total. The van der Waals surface area contributed by atoms with E-state index in [1.807, 2.05) is 0 Å². The van der Waals surface area contributed by atoms with E-state index < -0.39 is 48.6 Å². The molecule has 12 heteroatoms. The number of halogens is 2. The lowest BCUT2D eigenvalue weighted by molar-refractivity contribution is -0.150. The zero-order chi connectivity index (χ0) is 25.1. The number of anilines is 1. The second-order valence-corrected chi connectivity index (χ2v) is 8.45. The number of carboxylic acids is 1. The predicted octanol–water partition coefficient (Wildman–Crippen LogP) is 2.64. The Hall–Kier alpha value is -2.60. The van der Waals surface area contributed by atoms with Gasteiger partial charge in [0.2, 0.25) is 6.23 Å². The van der Waals surface area contributed by atoms with Crippen molar-refractivity contribution in [1.82, 2.24) is 9.55 Å². The number of aliphatic carboxylic acids is 1. The van der Waals surface area contributed by atoms with Gasteiger partial charge in [0.05, 0.1) is 0 Å². The van der Waals surface area contributed by atoms with Crippen molar-refractivity contribution in [2.75, 3.05) is 12.3 Å². The maximum Gasteiger partial charge on any atom is 0.351 e. The van der Waals surface area contributed by atoms with Crippen molar-refractivity contribution >= 4 is 17.8 Å². The monoisotopic (exact) mass is 489 g/mol. The maximum atomic E-state index is 14.5. The van der Waals surface area contributed by atoms with Crippen LogP contribution in [-0.4, -0.2) is 56.4 Å². The second-order valence-electron chi connectivity index (χ2n) is 8.45. The van der Waals surface area contributed by atoms with E-state index in [0.717, 1.165) is 57.2 Å². The zero-order valence-electron chi connectivity index (χ0n) is 19.0. The van der Waals surface area contributed by atoms with E-state index in [1.165, 1.54) is 0 Å². The molecule has 1 aliphatic rings. The minimum atomic E-state index is -3.80. The van der Waals surface area contributed by atoms with Crippen LogP contribution in [0.2, 0.25) is 0 Å². The van der Waals surface area contributed by atoms with E-state index in [2.05, 4.69) is 4.98 Å². The first-order chi connectivity index (χ1) is 16.1. The summed E-state index contributed by atoms with van der Waals surface area (Å²) in [6.07, 6.45) is 3.61. The van der Waals surface area contributed by atoms with E-state index in [9.17, 15) is 28.3 Å². The first-order valence-corrected chi connectivity index (χ1v) is 11.6. The van der Waals surface area contributed by atoms with Gasteiger partial charge in [-0.05, 0) is 18.9 Å². The zero-order valence-corrected chi connectivity index (χ0v) is 19.0. The molecule has 2 heterocycles. The van der Waals surface area contributed by atoms with Crippen molar-refractivity contribution in [3.63, 3.8) is 0 Å². The number of carboxylic acid groups (broad SMARTS) is 1. The summed E-state index contributed by atoms with van der Waals surface area (Å²) in [6.45, 7) is -0.564. The van der Waals surface area contributed by atoms with Crippen LogP contribution in [0.5, 0.6) is 0 Å². The molecule has 0 aromatic carbocycles. The minimum Gasteiger partial charge on any atom is -0.481 e. The fraction of sp³-hybridized carbons (Fsp3) is 0.727. The van der Waals surface area contributed by atoms with Gasteiger partial charge in [-0.2, -0.15) is 13.8 Å². The van der Waals surface area contributed by atoms with E-state index in [4.69, 9.17) is 20.3 Å². The highest BCUT2D eigenvalue weighted by Crippen LogP contribution is 2.42. The Morgan fingerprint density at radius 3 is 2.21 bits per heavy atom. The van der Waals surface area contributed by atoms with Crippen molar-refractivity contribution < 1.29 is 38.1 Å². The number of ether oxygens (including phenoxy) is 2. The summed E-state index contributed by atoms with van der Waals surface area (Å²) in [5.41, 5.74) is 4.31. The summed E-state index contributed by atoms with van der Waals surface area (Å²) in [6, 6.07) is 1.16. The Morgan fingerprint density at radius 2 is 1.65 bits per heavy atom. The average Bonchev–Trinajstić information content (AvgIpc) is 2.99. The summed E-state index contributed by atoms with van der Waals surface area (Å²) >= 11 is 0. The molecule has 0 bridgehead atoms. The molecule has 1 aromatic rings. The Balaban J connectivity index is 1.62. The summed E-state index contributed by atoms with van der Waals surface area (Å²) in [7, 11) is 0. The molecule has 0 amide bonds. The Kier molecular flexibility index (Phi) is 10.8. The Bertz CT molecular complexity index is 865. The molecule has 0 saturated carbocycles. The number of nitrogens with zero attached hydrogens (tertiary/aromatic N) is 2. The van der Waals surface area contributed by atoms with Gasteiger partial charge in [-0.1, -0.05) is 44.9 Å². The molecule has 0 radical (unpaired) electrons. The third kappa shape index (κ3) is 8.32. The molecule has 1 fully saturated rings. The topological polar surface area (TPSA) is 154 Å². The third-order valence-electron chi connectivity index (χ3n) is 5.66. The van der Waals surface area contributed by atoms with Gasteiger partial charge in [0.1, 0.15) is 18.5 Å². The molecule has 2 rings (SSSR count). The van der Waals surface area contributed by atoms with E-state index in [-0.39, 0.29) is 18.7 Å². The highest BCUT2D eigenvalue weighted by molar-refractivity contribution is 5.69. The highest BCUT2D eigenvalue weighted by Gasteiger charge is 2.60. The number of hydrogen-bond donors (Lipinski definition) is 3. The molecule has 10 nitrogen and oxygen atoms in total. The Labute approximate surface area is 196 Å². The number of carbonyl (C=O) groups is 2. The lowest BCUT2D eigenvalue weighted by atomic mass is 10.1. The van der Waals surface area contributed by atoms with Gasteiger partial charge < -0.3 is 25.4 Å². The van der Waals surface area contributed by atoms with Crippen LogP contribution in [0.15, 0.2) is 17.1 Å². The van der Waals surface area contributed by atoms with E-state index >= 15 is 0 Å². The largest absolute Gasteiger partial charge is 0.481 e. The van der Waals surface area contributed by atoms with Crippen LogP contribution >= 0.6 is 0 Å². The number of nitrogens with two attached hydrogens (primary N) is 1. The number of unbranched alkanes of at least 4 members (excludes halogenated alkanes) is 8. The second kappa shape index (κ2) is 13.3. The fourth-order valence-electron chi connectivity index (χ4n) is 3.74. The van der Waals surface area contributed by atoms with Gasteiger partial charge in [0, 0.05) is 19.0 Å². The lowest BCUT2D eigenvalue weighted by Crippen LogP contribution is -2.42. The minimum absolute atomic E-state index is 0.124. The molecule has 0 spiro atoms. The first-order valence-electron chi connectivity index (χ1n) is 11.6. The molecule has 0 aliphatic carbocycles. The number of aliphatic hydroxyl groups excluding tert-OH is 1. The first kappa shape index (κ1) is 27.6. The molecule has 1 aliphatic heterocycles. The highest BCUT2D eigenvalue weighted by atomic mass is 19.3. The standard InChI is InChI=1S/C22H33F2N3O7/c23-22(24)19(31)15(34-20(22)27-13-12-16(25)26-21(27)32)14-33-18(30)11-9-7-5-3-1-2-4-6-8-10-17(28)29/h12-13,15,19-20,31H,1-11,14H2,(H,28,29)(H2,25,26,32)/t15-,19-,20-/m1/s1. The molecule has 0 unspecified atom stereocenters. The molecule has 1 aromatic heterocycles. The smallest absolute Gasteiger partial charge is 0.351 e. The summed E-state index contributed by atoms with van der Waals surface area (Å²) in [4.78, 5) is 37.6. The van der Waals surface area contributed by atoms with Gasteiger partial charge in [-0.3, -0.25) is 14.2 Å². The number of aliphatic hydroxyl groups is 1. The van der Waals surface area contributed by atoms with Crippen LogP contribution in [0.4, 0.5) is 14.6 Å². The van der Waals surface area contributed by atoms with Crippen LogP contribution in [0.3, 0.4) is 0 Å². The predicted molar refractivity (Wildman–Crippen MR) is 117 cm³/mol. The molecule has 3 atom stereocenters. The number of aromatic nitrogens is 2. The summed E-state index contributed by atoms with van der Waals surface area (Å²) in [5, 5.41) is 18.5. The number of hydrogen-bond acceptors (Lipinski definition) is 8. The quantitative estimate of drug-likeness (QED) is 0.249. The summed E-state index contributed by atoms with van der Waals surface area (Å²) in [5.74, 6) is -5.27. The number of esters is 1. The van der Waals surface area contributed by atoms with E-state index in [0.29, 0.717) is 17.4 Å². The SMILES string of the molecule is Nc1ccn([C@@H]2O[C@H](COC(=O)CCCCCCCCCCCC(=O)O)[C@@H](O)C2(F)F)c(=O)n1. The summed E-state index contributed by atoms with van der Waals surface area (Å²) < 4.78 is 39.6. The number of carbonyl (C=O) groups excluding carboxylic acids is 1. The van der Waals surface area contributed by atoms with Crippen molar-refractivity contribution in [2.24, 2.45) is 0 Å². The van der Waals surface area contributed by atoms with Crippen molar-refractivity contribution in [2.45, 2.75) is 95.0 Å². The van der Waals surface area contributed by atoms with Gasteiger partial charge in [-0.25, -0.2) is 4.79 Å². The van der Waals surface area contributed by atoms with Gasteiger partial charge >= 0.3 is 23.6 Å². The van der Waals surface area contributed by atoms with Gasteiger partial charge in [0.25, 0.3) is 0 Å². The van der Waals surface area contributed by atoms with Crippen LogP contribution in [0.25, 0.3) is 0 Å². The van der Waals surface area contributed by atoms with Crippen LogP contribution < -0.4 is 11.4 Å². The van der Waals surface area contributed by atoms with Crippen LogP contribution in [0.1, 0.15) is 76.9 Å². The number of alkyl halides is 2. The van der Waals surface area contributed by atoms with E-state index in [1.54, 1.807) is 0 Å². The lowest BCUT2D eigenvalue weighted by Gasteiger charge is -2.20. The third-order valence-corrected chi connectivity index (χ3v) is 5.66. The fourth-order valence-corrected chi connectivity index (χ4v) is 3.74. The number of nitrogen functional groups attached to an aromatic ring is 1. The van der Waals surface area contributed by atoms with Crippen LogP contribution in [0, 0.1) is 0 Å². The van der Waals surface area contributed by atoms with Gasteiger partial charge in [0.15, 0.2) is 6.10 Å². The van der Waals surface area contributed by atoms with Crippen molar-refractivity contribution in [3.8, 4) is 0 Å². The van der Waals surface area contributed by atoms with Crippen molar-refractivity contribution in [3.05, 3.63) is 22.7 Å². The molecule has 192 valence electrons. The molecular formula is C22H33F2N3O7. The average molecular weight is 490 g/mol. The molecular weight excluding hydrogens is 456 g/mol. The molecule has 34 heavy (non-hydrogen) atoms. The Morgan fingerprint density at radius 1 is 1.09 bits per heavy atom. The number of rotatable bonds is 15. The maximum absolute atomic E-state index is 14.5. The molecule has 1 saturated heterocycles. The normalized spacial score (nSPS) is 21.4. The van der Waals surface area contributed by atoms with Crippen LogP contribution in [-0.2, 0) is 19.1 Å². The van der Waals surface area contributed by atoms with Crippen molar-refractivity contribution in [1.29, 1.82) is 0 Å². The van der Waals surface area contributed by atoms with Gasteiger partial charge in [-0.15, -0.1) is 0 Å².